The normalized spacial score (nSPS) is 19.2. The first kappa shape index (κ1) is 22.4. The number of rotatable bonds is 7. The molecule has 0 saturated carbocycles. The van der Waals surface area contributed by atoms with Crippen LogP contribution in [-0.2, 0) is 4.79 Å². The van der Waals surface area contributed by atoms with E-state index in [1.165, 1.54) is 0 Å². The van der Waals surface area contributed by atoms with Gasteiger partial charge in [0.2, 0.25) is 11.8 Å². The Morgan fingerprint density at radius 3 is 2.76 bits per heavy atom. The molecule has 2 aliphatic heterocycles. The van der Waals surface area contributed by atoms with Gasteiger partial charge in [0, 0.05) is 43.7 Å². The highest BCUT2D eigenvalue weighted by Crippen LogP contribution is 2.35. The van der Waals surface area contributed by atoms with E-state index >= 15 is 0 Å². The van der Waals surface area contributed by atoms with Crippen molar-refractivity contribution in [1.29, 1.82) is 0 Å². The molecule has 1 amide bonds. The minimum Gasteiger partial charge on any atom is -0.493 e. The van der Waals surface area contributed by atoms with Crippen LogP contribution in [0.1, 0.15) is 19.3 Å². The zero-order valence-electron chi connectivity index (χ0n) is 19.6. The van der Waals surface area contributed by atoms with E-state index in [1.54, 1.807) is 13.3 Å². The molecule has 2 saturated heterocycles. The van der Waals surface area contributed by atoms with Gasteiger partial charge in [-0.3, -0.25) is 9.78 Å². The number of likely N-dealkylation sites (tertiary alicyclic amines) is 1. The van der Waals surface area contributed by atoms with E-state index < -0.39 is 0 Å². The zero-order chi connectivity index (χ0) is 23.5. The third kappa shape index (κ3) is 4.92. The van der Waals surface area contributed by atoms with Crippen LogP contribution in [0.25, 0.3) is 22.2 Å². The number of methoxy groups -OCH3 is 1. The van der Waals surface area contributed by atoms with Gasteiger partial charge in [-0.25, -0.2) is 4.98 Å². The number of nitrogens with one attached hydrogen (secondary N) is 1. The highest BCUT2D eigenvalue weighted by Gasteiger charge is 2.23. The van der Waals surface area contributed by atoms with Crippen LogP contribution in [0.2, 0.25) is 0 Å². The number of ether oxygens (including phenoxy) is 3. The fourth-order valence-electron chi connectivity index (χ4n) is 4.49. The van der Waals surface area contributed by atoms with E-state index in [1.807, 2.05) is 36.4 Å². The second kappa shape index (κ2) is 9.85. The number of carbonyl (C=O) groups is 1. The molecule has 2 aliphatic rings. The maximum atomic E-state index is 11.5. The SMILES string of the molecule is COc1cc(-c2cc3ncccc3c(OC[C@H]3CNC(=O)C3)n2)ccc1OC1CCN(C)CC1. The summed E-state index contributed by atoms with van der Waals surface area (Å²) in [7, 11) is 3.79. The Balaban J connectivity index is 1.41. The van der Waals surface area contributed by atoms with Gasteiger partial charge in [0.15, 0.2) is 11.5 Å². The third-order valence-corrected chi connectivity index (χ3v) is 6.50. The highest BCUT2D eigenvalue weighted by molar-refractivity contribution is 5.87. The molecule has 8 heteroatoms. The summed E-state index contributed by atoms with van der Waals surface area (Å²) in [5.41, 5.74) is 2.43. The molecule has 0 unspecified atom stereocenters. The molecule has 8 nitrogen and oxygen atoms in total. The molecular weight excluding hydrogens is 432 g/mol. The second-order valence-electron chi connectivity index (χ2n) is 9.05. The van der Waals surface area contributed by atoms with Crippen molar-refractivity contribution in [2.75, 3.05) is 40.4 Å². The summed E-state index contributed by atoms with van der Waals surface area (Å²) in [5, 5.41) is 3.69. The predicted molar refractivity (Wildman–Crippen MR) is 129 cm³/mol. The van der Waals surface area contributed by atoms with Gasteiger partial charge in [0.1, 0.15) is 6.10 Å². The van der Waals surface area contributed by atoms with Gasteiger partial charge in [-0.2, -0.15) is 0 Å². The van der Waals surface area contributed by atoms with Gasteiger partial charge < -0.3 is 24.4 Å². The van der Waals surface area contributed by atoms with Crippen molar-refractivity contribution in [2.45, 2.75) is 25.4 Å². The van der Waals surface area contributed by atoms with Crippen LogP contribution in [0.15, 0.2) is 42.6 Å². The Morgan fingerprint density at radius 2 is 2.00 bits per heavy atom. The number of nitrogens with zero attached hydrogens (tertiary/aromatic N) is 3. The Labute approximate surface area is 199 Å². The monoisotopic (exact) mass is 462 g/mol. The summed E-state index contributed by atoms with van der Waals surface area (Å²) >= 11 is 0. The fourth-order valence-corrected chi connectivity index (χ4v) is 4.49. The first-order valence-corrected chi connectivity index (χ1v) is 11.8. The smallest absolute Gasteiger partial charge is 0.223 e. The number of pyridine rings is 2. The highest BCUT2D eigenvalue weighted by atomic mass is 16.5. The van der Waals surface area contributed by atoms with Crippen LogP contribution in [0.3, 0.4) is 0 Å². The second-order valence-corrected chi connectivity index (χ2v) is 9.05. The average molecular weight is 463 g/mol. The first-order valence-electron chi connectivity index (χ1n) is 11.8. The molecule has 2 fully saturated rings. The Kier molecular flexibility index (Phi) is 6.49. The number of fused-ring (bicyclic) bond motifs is 1. The summed E-state index contributed by atoms with van der Waals surface area (Å²) in [4.78, 5) is 23.2. The minimum atomic E-state index is 0.0662. The van der Waals surface area contributed by atoms with Crippen molar-refractivity contribution in [3.8, 4) is 28.6 Å². The summed E-state index contributed by atoms with van der Waals surface area (Å²) in [5.74, 6) is 2.15. The van der Waals surface area contributed by atoms with Gasteiger partial charge in [-0.15, -0.1) is 0 Å². The summed E-state index contributed by atoms with van der Waals surface area (Å²) in [6.07, 6.45) is 4.43. The van der Waals surface area contributed by atoms with E-state index in [4.69, 9.17) is 19.2 Å². The molecule has 0 bridgehead atoms. The van der Waals surface area contributed by atoms with Crippen molar-refractivity contribution in [3.05, 3.63) is 42.6 Å². The van der Waals surface area contributed by atoms with Crippen LogP contribution < -0.4 is 19.5 Å². The van der Waals surface area contributed by atoms with Gasteiger partial charge in [-0.1, -0.05) is 0 Å². The Bertz CT molecular complexity index is 1180. The molecule has 0 radical (unpaired) electrons. The molecule has 5 rings (SSSR count). The van der Waals surface area contributed by atoms with Crippen LogP contribution in [-0.4, -0.2) is 67.3 Å². The summed E-state index contributed by atoms with van der Waals surface area (Å²) < 4.78 is 18.0. The van der Waals surface area contributed by atoms with E-state index in [9.17, 15) is 4.79 Å². The topological polar surface area (TPSA) is 85.8 Å². The molecule has 4 heterocycles. The number of benzene rings is 1. The average Bonchev–Trinajstić information content (AvgIpc) is 3.29. The number of amides is 1. The molecule has 2 aromatic heterocycles. The number of carbonyl (C=O) groups excluding carboxylic acids is 1. The van der Waals surface area contributed by atoms with Crippen molar-refractivity contribution < 1.29 is 19.0 Å². The van der Waals surface area contributed by atoms with Crippen LogP contribution in [0, 0.1) is 5.92 Å². The molecule has 34 heavy (non-hydrogen) atoms. The standard InChI is InChI=1S/C26H30N4O4/c1-30-10-7-19(8-11-30)34-23-6-5-18(13-24(23)32-2)21-14-22-20(4-3-9-27-22)26(29-21)33-16-17-12-25(31)28-15-17/h3-6,9,13-14,17,19H,7-8,10-12,15-16H2,1-2H3,(H,28,31)/t17-/m1/s1. The van der Waals surface area contributed by atoms with Crippen molar-refractivity contribution >= 4 is 16.8 Å². The van der Waals surface area contributed by atoms with E-state index in [-0.39, 0.29) is 17.9 Å². The van der Waals surface area contributed by atoms with E-state index in [2.05, 4.69) is 22.2 Å². The third-order valence-electron chi connectivity index (χ3n) is 6.50. The Morgan fingerprint density at radius 1 is 1.15 bits per heavy atom. The van der Waals surface area contributed by atoms with Gasteiger partial charge in [0.25, 0.3) is 0 Å². The van der Waals surface area contributed by atoms with Gasteiger partial charge in [0.05, 0.1) is 30.3 Å². The molecule has 1 N–H and O–H groups in total. The zero-order valence-corrected chi connectivity index (χ0v) is 19.6. The molecule has 178 valence electrons. The Hall–Kier alpha value is -3.39. The van der Waals surface area contributed by atoms with E-state index in [0.29, 0.717) is 31.2 Å². The van der Waals surface area contributed by atoms with E-state index in [0.717, 1.165) is 53.8 Å². The first-order chi connectivity index (χ1) is 16.6. The molecule has 1 aromatic carbocycles. The lowest BCUT2D eigenvalue weighted by Crippen LogP contribution is -2.35. The number of hydrogen-bond donors (Lipinski definition) is 1. The van der Waals surface area contributed by atoms with Gasteiger partial charge in [-0.05, 0) is 56.3 Å². The molecular formula is C26H30N4O4. The van der Waals surface area contributed by atoms with Crippen LogP contribution >= 0.6 is 0 Å². The maximum absolute atomic E-state index is 11.5. The number of aromatic nitrogens is 2. The quantitative estimate of drug-likeness (QED) is 0.577. The lowest BCUT2D eigenvalue weighted by molar-refractivity contribution is -0.119. The van der Waals surface area contributed by atoms with Crippen molar-refractivity contribution in [2.24, 2.45) is 5.92 Å². The summed E-state index contributed by atoms with van der Waals surface area (Å²) in [6, 6.07) is 11.7. The number of piperidine rings is 1. The van der Waals surface area contributed by atoms with Crippen molar-refractivity contribution in [1.82, 2.24) is 20.2 Å². The fraction of sp³-hybridized carbons (Fsp3) is 0.423. The maximum Gasteiger partial charge on any atom is 0.223 e. The van der Waals surface area contributed by atoms with Crippen molar-refractivity contribution in [3.63, 3.8) is 0 Å². The summed E-state index contributed by atoms with van der Waals surface area (Å²) in [6.45, 7) is 3.12. The minimum absolute atomic E-state index is 0.0662. The van der Waals surface area contributed by atoms with Crippen LogP contribution in [0.4, 0.5) is 0 Å². The molecule has 1 atom stereocenters. The lowest BCUT2D eigenvalue weighted by Gasteiger charge is -2.29. The molecule has 3 aromatic rings. The molecule has 0 spiro atoms. The predicted octanol–water partition coefficient (Wildman–Crippen LogP) is 3.29. The lowest BCUT2D eigenvalue weighted by atomic mass is 10.1. The number of hydrogen-bond acceptors (Lipinski definition) is 7. The molecule has 0 aliphatic carbocycles. The largest absolute Gasteiger partial charge is 0.493 e. The van der Waals surface area contributed by atoms with Crippen LogP contribution in [0.5, 0.6) is 17.4 Å². The van der Waals surface area contributed by atoms with Gasteiger partial charge >= 0.3 is 0 Å².